The number of carbonyl (C=O) groups excluding carboxylic acids is 1. The second kappa shape index (κ2) is 9.38. The number of nitrogens with one attached hydrogen (secondary N) is 2. The van der Waals surface area contributed by atoms with Gasteiger partial charge in [-0.15, -0.1) is 0 Å². The third-order valence-corrected chi connectivity index (χ3v) is 5.96. The van der Waals surface area contributed by atoms with E-state index < -0.39 is 11.7 Å². The molecule has 0 bridgehead atoms. The number of methoxy groups -OCH3 is 1. The average molecular weight is 468 g/mol. The molecule has 6 N–H and O–H groups in total. The molecule has 0 saturated heterocycles. The first-order valence-electron chi connectivity index (χ1n) is 11.5. The summed E-state index contributed by atoms with van der Waals surface area (Å²) in [5.74, 6) is 2.25. The highest BCUT2D eigenvalue weighted by Crippen LogP contribution is 2.38. The Bertz CT molecular complexity index is 1190. The van der Waals surface area contributed by atoms with E-state index in [-0.39, 0.29) is 0 Å². The zero-order valence-corrected chi connectivity index (χ0v) is 20.1. The minimum absolute atomic E-state index is 0.325. The number of fused-ring (bicyclic) bond motifs is 1. The third kappa shape index (κ3) is 5.01. The number of anilines is 3. The first kappa shape index (κ1) is 23.6. The van der Waals surface area contributed by atoms with Gasteiger partial charge in [-0.05, 0) is 76.3 Å². The Balaban J connectivity index is 1.67. The summed E-state index contributed by atoms with van der Waals surface area (Å²) < 4.78 is 12.7. The van der Waals surface area contributed by atoms with Crippen molar-refractivity contribution in [3.63, 3.8) is 0 Å². The molecule has 0 radical (unpaired) electrons. The maximum absolute atomic E-state index is 12.2. The molecule has 10 heteroatoms. The molecule has 1 amide bonds. The fourth-order valence-electron chi connectivity index (χ4n) is 4.40. The summed E-state index contributed by atoms with van der Waals surface area (Å²) in [5.41, 5.74) is 14.4. The number of ether oxygens (including phenoxy) is 2. The number of rotatable bonds is 6. The zero-order valence-electron chi connectivity index (χ0n) is 20.1. The van der Waals surface area contributed by atoms with Crippen LogP contribution in [0.4, 0.5) is 22.1 Å². The van der Waals surface area contributed by atoms with Crippen LogP contribution >= 0.6 is 0 Å². The molecule has 2 aromatic heterocycles. The lowest BCUT2D eigenvalue weighted by atomic mass is 10.1. The molecule has 3 aromatic rings. The van der Waals surface area contributed by atoms with Crippen LogP contribution in [0.3, 0.4) is 0 Å². The van der Waals surface area contributed by atoms with Crippen molar-refractivity contribution in [2.75, 3.05) is 30.0 Å². The van der Waals surface area contributed by atoms with Crippen LogP contribution in [0.5, 0.6) is 5.75 Å². The molecule has 1 aliphatic carbocycles. The molecule has 0 aliphatic heterocycles. The summed E-state index contributed by atoms with van der Waals surface area (Å²) in [4.78, 5) is 16.4. The highest BCUT2D eigenvalue weighted by molar-refractivity contribution is 5.93. The number of nitrogen functional groups attached to an aromatic ring is 1. The summed E-state index contributed by atoms with van der Waals surface area (Å²) in [6.07, 6.45) is 4.10. The van der Waals surface area contributed by atoms with Gasteiger partial charge in [0.1, 0.15) is 29.0 Å². The first-order chi connectivity index (χ1) is 16.2. The minimum Gasteiger partial charge on any atom is -0.495 e. The SMILES string of the molecule is COc1cc(-c2cc(N[C@@H]3CC[C@H](CN)C3)n3ncnc(N)c23)ccc1NC(=O)OC(C)(C)C. The highest BCUT2D eigenvalue weighted by atomic mass is 16.6. The lowest BCUT2D eigenvalue weighted by molar-refractivity contribution is 0.0635. The topological polar surface area (TPSA) is 142 Å². The van der Waals surface area contributed by atoms with Gasteiger partial charge in [0, 0.05) is 11.6 Å². The Labute approximate surface area is 199 Å². The van der Waals surface area contributed by atoms with Gasteiger partial charge in [0.2, 0.25) is 0 Å². The fourth-order valence-corrected chi connectivity index (χ4v) is 4.40. The van der Waals surface area contributed by atoms with E-state index in [1.54, 1.807) is 17.7 Å². The number of aromatic nitrogens is 3. The Morgan fingerprint density at radius 3 is 2.74 bits per heavy atom. The molecular weight excluding hydrogens is 434 g/mol. The largest absolute Gasteiger partial charge is 0.495 e. The summed E-state index contributed by atoms with van der Waals surface area (Å²) in [5, 5.41) is 10.8. The van der Waals surface area contributed by atoms with Crippen molar-refractivity contribution in [3.8, 4) is 16.9 Å². The van der Waals surface area contributed by atoms with E-state index in [0.717, 1.165) is 36.2 Å². The summed E-state index contributed by atoms with van der Waals surface area (Å²) in [6, 6.07) is 7.85. The van der Waals surface area contributed by atoms with Crippen LogP contribution < -0.4 is 26.8 Å². The predicted octanol–water partition coefficient (Wildman–Crippen LogP) is 3.87. The van der Waals surface area contributed by atoms with E-state index in [9.17, 15) is 4.79 Å². The van der Waals surface area contributed by atoms with E-state index in [1.165, 1.54) is 6.33 Å². The first-order valence-corrected chi connectivity index (χ1v) is 11.5. The fraction of sp³-hybridized carbons (Fsp3) is 0.458. The zero-order chi connectivity index (χ0) is 24.5. The van der Waals surface area contributed by atoms with Gasteiger partial charge >= 0.3 is 6.09 Å². The van der Waals surface area contributed by atoms with Gasteiger partial charge in [-0.25, -0.2) is 14.3 Å². The molecule has 4 rings (SSSR count). The van der Waals surface area contributed by atoms with Gasteiger partial charge in [-0.1, -0.05) is 6.07 Å². The van der Waals surface area contributed by atoms with Crippen molar-refractivity contribution in [3.05, 3.63) is 30.6 Å². The number of nitrogens with two attached hydrogens (primary N) is 2. The molecule has 1 fully saturated rings. The maximum atomic E-state index is 12.2. The minimum atomic E-state index is -0.604. The molecule has 1 aliphatic rings. The van der Waals surface area contributed by atoms with E-state index >= 15 is 0 Å². The Morgan fingerprint density at radius 2 is 2.06 bits per heavy atom. The summed E-state index contributed by atoms with van der Waals surface area (Å²) in [7, 11) is 1.55. The molecular formula is C24H33N7O3. The number of hydrogen-bond acceptors (Lipinski definition) is 8. The molecule has 0 unspecified atom stereocenters. The van der Waals surface area contributed by atoms with E-state index in [0.29, 0.717) is 41.3 Å². The second-order valence-electron chi connectivity index (χ2n) is 9.65. The van der Waals surface area contributed by atoms with Gasteiger partial charge in [-0.3, -0.25) is 5.32 Å². The normalized spacial score (nSPS) is 18.1. The number of benzene rings is 1. The van der Waals surface area contributed by atoms with Crippen LogP contribution in [0.15, 0.2) is 30.6 Å². The number of nitrogens with zero attached hydrogens (tertiary/aromatic N) is 3. The highest BCUT2D eigenvalue weighted by Gasteiger charge is 2.25. The van der Waals surface area contributed by atoms with Crippen LogP contribution in [-0.2, 0) is 4.74 Å². The predicted molar refractivity (Wildman–Crippen MR) is 133 cm³/mol. The Hall–Kier alpha value is -3.53. The molecule has 2 atom stereocenters. The number of carbonyl (C=O) groups is 1. The Morgan fingerprint density at radius 1 is 1.26 bits per heavy atom. The van der Waals surface area contributed by atoms with Crippen LogP contribution in [0.25, 0.3) is 16.6 Å². The van der Waals surface area contributed by atoms with Gasteiger partial charge in [-0.2, -0.15) is 5.10 Å². The Kier molecular flexibility index (Phi) is 6.52. The molecule has 1 saturated carbocycles. The van der Waals surface area contributed by atoms with Gasteiger partial charge < -0.3 is 26.3 Å². The summed E-state index contributed by atoms with van der Waals surface area (Å²) in [6.45, 7) is 6.14. The quantitative estimate of drug-likeness (QED) is 0.428. The van der Waals surface area contributed by atoms with Crippen molar-refractivity contribution in [2.24, 2.45) is 11.7 Å². The second-order valence-corrected chi connectivity index (χ2v) is 9.65. The van der Waals surface area contributed by atoms with Crippen molar-refractivity contribution in [2.45, 2.75) is 51.7 Å². The maximum Gasteiger partial charge on any atom is 0.412 e. The van der Waals surface area contributed by atoms with E-state index in [4.69, 9.17) is 20.9 Å². The standard InChI is InChI=1S/C24H33N7O3/c1-24(2,3)34-23(32)30-18-8-6-15(10-19(18)33-4)17-11-20(29-16-7-5-14(9-16)12-25)31-21(17)22(26)27-13-28-31/h6,8,10-11,13-14,16,29H,5,7,9,12,25H2,1-4H3,(H,30,32)(H2,26,27,28)/t14-,16+/m0/s1. The third-order valence-electron chi connectivity index (χ3n) is 5.96. The van der Waals surface area contributed by atoms with Crippen LogP contribution in [-0.4, -0.2) is 46.0 Å². The van der Waals surface area contributed by atoms with Crippen molar-refractivity contribution in [1.82, 2.24) is 14.6 Å². The van der Waals surface area contributed by atoms with E-state index in [1.807, 2.05) is 39.0 Å². The molecule has 10 nitrogen and oxygen atoms in total. The molecule has 182 valence electrons. The van der Waals surface area contributed by atoms with Crippen molar-refractivity contribution >= 4 is 28.9 Å². The lowest BCUT2D eigenvalue weighted by Gasteiger charge is -2.20. The van der Waals surface area contributed by atoms with Crippen LogP contribution in [0.2, 0.25) is 0 Å². The smallest absolute Gasteiger partial charge is 0.412 e. The van der Waals surface area contributed by atoms with Gasteiger partial charge in [0.05, 0.1) is 12.8 Å². The molecule has 0 spiro atoms. The summed E-state index contributed by atoms with van der Waals surface area (Å²) >= 11 is 0. The van der Waals surface area contributed by atoms with Crippen LogP contribution in [0.1, 0.15) is 40.0 Å². The van der Waals surface area contributed by atoms with Crippen molar-refractivity contribution in [1.29, 1.82) is 0 Å². The number of hydrogen-bond donors (Lipinski definition) is 4. The monoisotopic (exact) mass is 467 g/mol. The lowest BCUT2D eigenvalue weighted by Crippen LogP contribution is -2.27. The van der Waals surface area contributed by atoms with Gasteiger partial charge in [0.25, 0.3) is 0 Å². The number of amides is 1. The van der Waals surface area contributed by atoms with E-state index in [2.05, 4.69) is 20.7 Å². The average Bonchev–Trinajstić information content (AvgIpc) is 3.38. The molecule has 2 heterocycles. The molecule has 1 aromatic carbocycles. The van der Waals surface area contributed by atoms with Crippen LogP contribution in [0, 0.1) is 5.92 Å². The van der Waals surface area contributed by atoms with Crippen molar-refractivity contribution < 1.29 is 14.3 Å². The van der Waals surface area contributed by atoms with Gasteiger partial charge in [0.15, 0.2) is 5.82 Å². The molecule has 34 heavy (non-hydrogen) atoms.